The maximum atomic E-state index is 13.1. The molecule has 9 nitrogen and oxygen atoms in total. The molecule has 2 N–H and O–H groups in total. The van der Waals surface area contributed by atoms with E-state index in [9.17, 15) is 14.7 Å². The number of nitrogens with one attached hydrogen (secondary N) is 1. The minimum atomic E-state index is -2.18. The summed E-state index contributed by atoms with van der Waals surface area (Å²) in [6.45, 7) is 24.1. The summed E-state index contributed by atoms with van der Waals surface area (Å²) in [6, 6.07) is 4.97. The first kappa shape index (κ1) is 31.5. The van der Waals surface area contributed by atoms with Crippen molar-refractivity contribution in [3.05, 3.63) is 50.8 Å². The molecule has 1 aliphatic heterocycles. The van der Waals surface area contributed by atoms with Gasteiger partial charge in [0.2, 0.25) is 0 Å². The zero-order valence-electron chi connectivity index (χ0n) is 26.3. The van der Waals surface area contributed by atoms with Crippen molar-refractivity contribution in [3.8, 4) is 17.1 Å². The number of aryl methyl sites for hydroxylation is 1. The lowest BCUT2D eigenvalue weighted by molar-refractivity contribution is -0.0411. The predicted octanol–water partition coefficient (Wildman–Crippen LogP) is 6.66. The van der Waals surface area contributed by atoms with Crippen molar-refractivity contribution >= 4 is 27.6 Å². The highest BCUT2D eigenvalue weighted by molar-refractivity contribution is 6.74. The van der Waals surface area contributed by atoms with Gasteiger partial charge < -0.3 is 23.1 Å². The fourth-order valence-electron chi connectivity index (χ4n) is 4.61. The van der Waals surface area contributed by atoms with Gasteiger partial charge in [0.25, 0.3) is 5.56 Å². The second-order valence-electron chi connectivity index (χ2n) is 14.3. The van der Waals surface area contributed by atoms with Gasteiger partial charge in [-0.15, -0.1) is 0 Å². The summed E-state index contributed by atoms with van der Waals surface area (Å²) >= 11 is 0. The van der Waals surface area contributed by atoms with Crippen LogP contribution in [-0.2, 0) is 13.6 Å². The zero-order chi connectivity index (χ0) is 30.7. The predicted molar refractivity (Wildman–Crippen MR) is 167 cm³/mol. The molecular formula is C30H46N2O7Si2. The first-order valence-electron chi connectivity index (χ1n) is 14.3. The molecule has 1 saturated heterocycles. The molecule has 1 aliphatic rings. The number of hydrogen-bond acceptors (Lipinski definition) is 7. The molecule has 226 valence electrons. The molecular weight excluding hydrogens is 557 g/mol. The van der Waals surface area contributed by atoms with E-state index in [1.807, 2.05) is 0 Å². The monoisotopic (exact) mass is 602 g/mol. The Labute approximate surface area is 244 Å². The Balaban J connectivity index is 1.72. The van der Waals surface area contributed by atoms with Gasteiger partial charge in [0.05, 0.1) is 23.7 Å². The molecule has 0 spiro atoms. The van der Waals surface area contributed by atoms with Crippen molar-refractivity contribution in [2.45, 2.75) is 110 Å². The van der Waals surface area contributed by atoms with E-state index < -0.39 is 34.1 Å². The molecule has 2 aromatic heterocycles. The van der Waals surface area contributed by atoms with Gasteiger partial charge in [-0.2, -0.15) is 0 Å². The van der Waals surface area contributed by atoms with Crippen LogP contribution in [-0.4, -0.2) is 50.1 Å². The highest BCUT2D eigenvalue weighted by Crippen LogP contribution is 2.43. The van der Waals surface area contributed by atoms with E-state index in [2.05, 4.69) is 72.7 Å². The van der Waals surface area contributed by atoms with Crippen LogP contribution >= 0.6 is 0 Å². The maximum Gasteiger partial charge on any atom is 0.330 e. The van der Waals surface area contributed by atoms with Crippen molar-refractivity contribution in [1.82, 2.24) is 9.55 Å². The lowest BCUT2D eigenvalue weighted by atomic mass is 10.1. The summed E-state index contributed by atoms with van der Waals surface area (Å²) in [5.74, 6) is 0.357. The van der Waals surface area contributed by atoms with Crippen LogP contribution in [0.2, 0.25) is 36.3 Å². The molecule has 0 amide bonds. The lowest BCUT2D eigenvalue weighted by Gasteiger charge is -2.40. The van der Waals surface area contributed by atoms with Crippen molar-refractivity contribution in [2.24, 2.45) is 0 Å². The third kappa shape index (κ3) is 6.05. The van der Waals surface area contributed by atoms with Gasteiger partial charge in [0.1, 0.15) is 29.4 Å². The van der Waals surface area contributed by atoms with Crippen molar-refractivity contribution < 1.29 is 23.1 Å². The Hall–Kier alpha value is -2.45. The van der Waals surface area contributed by atoms with E-state index in [0.717, 1.165) is 0 Å². The molecule has 0 bridgehead atoms. The summed E-state index contributed by atoms with van der Waals surface area (Å²) in [6.07, 6.45) is 0.601. The summed E-state index contributed by atoms with van der Waals surface area (Å²) in [4.78, 5) is 28.6. The molecule has 4 rings (SSSR count). The lowest BCUT2D eigenvalue weighted by Crippen LogP contribution is -2.48. The van der Waals surface area contributed by atoms with Crippen LogP contribution in [0.4, 0.5) is 0 Å². The van der Waals surface area contributed by atoms with Gasteiger partial charge in [-0.3, -0.25) is 14.3 Å². The van der Waals surface area contributed by atoms with Crippen molar-refractivity contribution in [2.75, 3.05) is 6.61 Å². The SMILES string of the molecule is Cc1c(-c2cn([C@H]3C[C@H](O[Si](C)(C)C(C)(C)C)[C@@H](CO[Si](C)(C)C(C)(C)C)O3)c(=O)[nH]c2=O)oc2cccc(O)c12. The molecule has 3 atom stereocenters. The van der Waals surface area contributed by atoms with Crippen molar-refractivity contribution in [3.63, 3.8) is 0 Å². The number of nitrogens with zero attached hydrogens (tertiary/aromatic N) is 1. The Bertz CT molecular complexity index is 1540. The van der Waals surface area contributed by atoms with Crippen LogP contribution in [0.15, 0.2) is 38.4 Å². The maximum absolute atomic E-state index is 13.1. The van der Waals surface area contributed by atoms with Crippen LogP contribution in [0.1, 0.15) is 59.8 Å². The second-order valence-corrected chi connectivity index (χ2v) is 23.8. The van der Waals surface area contributed by atoms with Gasteiger partial charge in [-0.05, 0) is 55.3 Å². The van der Waals surface area contributed by atoms with E-state index in [1.165, 1.54) is 10.8 Å². The third-order valence-corrected chi connectivity index (χ3v) is 18.3. The number of ether oxygens (including phenoxy) is 1. The Morgan fingerprint density at radius 3 is 2.27 bits per heavy atom. The third-order valence-electron chi connectivity index (χ3n) is 9.30. The van der Waals surface area contributed by atoms with E-state index in [0.29, 0.717) is 35.3 Å². The topological polar surface area (TPSA) is 116 Å². The molecule has 11 heteroatoms. The number of aromatic nitrogens is 2. The fourth-order valence-corrected chi connectivity index (χ4v) is 6.98. The first-order chi connectivity index (χ1) is 18.7. The molecule has 0 saturated carbocycles. The second kappa shape index (κ2) is 10.7. The van der Waals surface area contributed by atoms with Crippen molar-refractivity contribution in [1.29, 1.82) is 0 Å². The van der Waals surface area contributed by atoms with Gasteiger partial charge in [-0.25, -0.2) is 4.79 Å². The van der Waals surface area contributed by atoms with Crippen LogP contribution in [0.3, 0.4) is 0 Å². The Kier molecular flexibility index (Phi) is 8.20. The Morgan fingerprint density at radius 2 is 1.68 bits per heavy atom. The minimum Gasteiger partial charge on any atom is -0.507 e. The number of phenolic OH excluding ortho intramolecular Hbond substituents is 1. The molecule has 1 aromatic carbocycles. The molecule has 3 aromatic rings. The zero-order valence-corrected chi connectivity index (χ0v) is 28.3. The number of fused-ring (bicyclic) bond motifs is 1. The van der Waals surface area contributed by atoms with Crippen LogP contribution < -0.4 is 11.2 Å². The normalized spacial score (nSPS) is 20.7. The number of phenols is 1. The molecule has 0 aliphatic carbocycles. The van der Waals surface area contributed by atoms with Crippen LogP contribution in [0.5, 0.6) is 5.75 Å². The summed E-state index contributed by atoms with van der Waals surface area (Å²) in [7, 11) is -4.25. The van der Waals surface area contributed by atoms with Gasteiger partial charge in [0, 0.05) is 18.2 Å². The smallest absolute Gasteiger partial charge is 0.330 e. The summed E-state index contributed by atoms with van der Waals surface area (Å²) in [5, 5.41) is 10.9. The van der Waals surface area contributed by atoms with E-state index in [4.69, 9.17) is 18.0 Å². The first-order valence-corrected chi connectivity index (χ1v) is 20.1. The number of hydrogen-bond donors (Lipinski definition) is 2. The number of furan rings is 1. The summed E-state index contributed by atoms with van der Waals surface area (Å²) < 4.78 is 27.3. The largest absolute Gasteiger partial charge is 0.507 e. The molecule has 3 heterocycles. The van der Waals surface area contributed by atoms with Gasteiger partial charge in [0.15, 0.2) is 16.6 Å². The van der Waals surface area contributed by atoms with E-state index in [1.54, 1.807) is 25.1 Å². The highest BCUT2D eigenvalue weighted by Gasteiger charge is 2.47. The highest BCUT2D eigenvalue weighted by atomic mass is 28.4. The minimum absolute atomic E-state index is 0.0116. The van der Waals surface area contributed by atoms with Gasteiger partial charge >= 0.3 is 5.69 Å². The molecule has 0 radical (unpaired) electrons. The van der Waals surface area contributed by atoms with Crippen LogP contribution in [0.25, 0.3) is 22.3 Å². The van der Waals surface area contributed by atoms with E-state index in [-0.39, 0.29) is 33.6 Å². The number of aromatic hydroxyl groups is 1. The number of benzene rings is 1. The van der Waals surface area contributed by atoms with Crippen LogP contribution in [0, 0.1) is 6.92 Å². The number of aromatic amines is 1. The summed E-state index contributed by atoms with van der Waals surface area (Å²) in [5.41, 5.74) is 0.109. The van der Waals surface area contributed by atoms with E-state index >= 15 is 0 Å². The Morgan fingerprint density at radius 1 is 1.05 bits per heavy atom. The molecule has 0 unspecified atom stereocenters. The number of rotatable bonds is 7. The average molecular weight is 603 g/mol. The average Bonchev–Trinajstić information content (AvgIpc) is 3.37. The standard InChI is InChI=1S/C30H46N2O7Si2/c1-18-25-20(33)13-12-14-21(25)38-26(18)19-16-32(28(35)31-27(19)34)24-15-22(39-41(10,11)30(5,6)7)23(37-24)17-36-40(8,9)29(2,3)4/h12-14,16,22-24,33H,15,17H2,1-11H3,(H,31,34,35)/t22-,23+,24+/m0/s1. The molecule has 1 fully saturated rings. The quantitative estimate of drug-likeness (QED) is 0.290. The fraction of sp³-hybridized carbons (Fsp3) is 0.600. The number of H-pyrrole nitrogens is 1. The molecule has 41 heavy (non-hydrogen) atoms. The van der Waals surface area contributed by atoms with Gasteiger partial charge in [-0.1, -0.05) is 47.6 Å².